The maximum atomic E-state index is 13.0. The van der Waals surface area contributed by atoms with Gasteiger partial charge >= 0.3 is 0 Å². The first-order valence-corrected chi connectivity index (χ1v) is 7.38. The Morgan fingerprint density at radius 1 is 1.30 bits per heavy atom. The van der Waals surface area contributed by atoms with Crippen LogP contribution in [0.1, 0.15) is 37.7 Å². The molecule has 1 aromatic rings. The lowest BCUT2D eigenvalue weighted by Gasteiger charge is -2.18. The monoisotopic (exact) mass is 276 g/mol. The molecule has 2 aliphatic rings. The molecule has 0 aliphatic heterocycles. The van der Waals surface area contributed by atoms with Gasteiger partial charge < -0.3 is 11.1 Å². The molecular weight excluding hydrogens is 255 g/mol. The van der Waals surface area contributed by atoms with E-state index in [4.69, 9.17) is 5.73 Å². The van der Waals surface area contributed by atoms with Crippen LogP contribution in [-0.2, 0) is 10.2 Å². The third-order valence-electron chi connectivity index (χ3n) is 4.76. The molecule has 2 atom stereocenters. The molecule has 2 unspecified atom stereocenters. The third kappa shape index (κ3) is 2.70. The first-order valence-electron chi connectivity index (χ1n) is 7.38. The molecule has 4 heteroatoms. The number of carbonyl (C=O) groups excluding carboxylic acids is 1. The number of nitrogens with one attached hydrogen (secondary N) is 1. The molecule has 20 heavy (non-hydrogen) atoms. The van der Waals surface area contributed by atoms with Crippen LogP contribution >= 0.6 is 0 Å². The van der Waals surface area contributed by atoms with Gasteiger partial charge in [-0.05, 0) is 49.8 Å². The van der Waals surface area contributed by atoms with Crippen LogP contribution in [0.15, 0.2) is 24.3 Å². The molecule has 0 heterocycles. The molecule has 3 N–H and O–H groups in total. The van der Waals surface area contributed by atoms with E-state index in [1.807, 2.05) is 12.1 Å². The minimum Gasteiger partial charge on any atom is -0.355 e. The number of amides is 1. The normalized spacial score (nSPS) is 27.3. The van der Waals surface area contributed by atoms with Crippen molar-refractivity contribution in [3.05, 3.63) is 35.6 Å². The van der Waals surface area contributed by atoms with Crippen molar-refractivity contribution in [3.8, 4) is 0 Å². The molecule has 0 bridgehead atoms. The highest BCUT2D eigenvalue weighted by Gasteiger charge is 2.44. The van der Waals surface area contributed by atoms with Gasteiger partial charge in [-0.2, -0.15) is 0 Å². The Morgan fingerprint density at radius 2 is 2.00 bits per heavy atom. The zero-order valence-electron chi connectivity index (χ0n) is 11.6. The smallest absolute Gasteiger partial charge is 0.223 e. The summed E-state index contributed by atoms with van der Waals surface area (Å²) in [5.74, 6) is -0.00566. The molecule has 3 rings (SSSR count). The van der Waals surface area contributed by atoms with Gasteiger partial charge in [-0.25, -0.2) is 4.39 Å². The van der Waals surface area contributed by atoms with Crippen molar-refractivity contribution in [2.75, 3.05) is 6.54 Å². The standard InChI is InChI=1S/C16H21FN2O/c17-13-4-2-12(3-5-13)16(7-8-16)10-19-15(20)11-1-6-14(18)9-11/h2-5,11,14H,1,6-10,18H2,(H,19,20). The molecule has 0 radical (unpaired) electrons. The van der Waals surface area contributed by atoms with Gasteiger partial charge in [0.15, 0.2) is 0 Å². The maximum Gasteiger partial charge on any atom is 0.223 e. The molecule has 108 valence electrons. The zero-order chi connectivity index (χ0) is 14.2. The summed E-state index contributed by atoms with van der Waals surface area (Å²) in [6, 6.07) is 6.83. The van der Waals surface area contributed by atoms with Crippen molar-refractivity contribution in [1.82, 2.24) is 5.32 Å². The minimum atomic E-state index is -0.214. The maximum absolute atomic E-state index is 13.0. The van der Waals surface area contributed by atoms with E-state index in [0.717, 1.165) is 37.7 Å². The summed E-state index contributed by atoms with van der Waals surface area (Å²) in [4.78, 5) is 12.1. The van der Waals surface area contributed by atoms with Crippen LogP contribution in [0.5, 0.6) is 0 Å². The lowest BCUT2D eigenvalue weighted by molar-refractivity contribution is -0.124. The van der Waals surface area contributed by atoms with Crippen LogP contribution in [0.2, 0.25) is 0 Å². The van der Waals surface area contributed by atoms with Gasteiger partial charge in [-0.1, -0.05) is 12.1 Å². The van der Waals surface area contributed by atoms with Crippen molar-refractivity contribution in [2.24, 2.45) is 11.7 Å². The Morgan fingerprint density at radius 3 is 2.55 bits per heavy atom. The second-order valence-electron chi connectivity index (χ2n) is 6.28. The van der Waals surface area contributed by atoms with Crippen LogP contribution in [-0.4, -0.2) is 18.5 Å². The van der Waals surface area contributed by atoms with E-state index in [-0.39, 0.29) is 29.1 Å². The second kappa shape index (κ2) is 5.17. The molecule has 3 nitrogen and oxygen atoms in total. The molecule has 0 aromatic heterocycles. The van der Waals surface area contributed by atoms with E-state index < -0.39 is 0 Å². The number of nitrogens with two attached hydrogens (primary N) is 1. The summed E-state index contributed by atoms with van der Waals surface area (Å²) in [6.07, 6.45) is 4.76. The summed E-state index contributed by atoms with van der Waals surface area (Å²) < 4.78 is 13.0. The summed E-state index contributed by atoms with van der Waals surface area (Å²) in [6.45, 7) is 0.656. The molecule has 1 aromatic carbocycles. The Balaban J connectivity index is 1.58. The Bertz CT molecular complexity index is 496. The van der Waals surface area contributed by atoms with Crippen LogP contribution in [0, 0.1) is 11.7 Å². The SMILES string of the molecule is NC1CCC(C(=O)NCC2(c3ccc(F)cc3)CC2)C1. The fourth-order valence-corrected chi connectivity index (χ4v) is 3.18. The van der Waals surface area contributed by atoms with Crippen LogP contribution < -0.4 is 11.1 Å². The average Bonchev–Trinajstić information content (AvgIpc) is 3.11. The fraction of sp³-hybridized carbons (Fsp3) is 0.562. The zero-order valence-corrected chi connectivity index (χ0v) is 11.6. The average molecular weight is 276 g/mol. The molecule has 0 saturated heterocycles. The summed E-state index contributed by atoms with van der Waals surface area (Å²) in [5.41, 5.74) is 7.01. The number of hydrogen-bond donors (Lipinski definition) is 2. The van der Waals surface area contributed by atoms with Crippen molar-refractivity contribution in [2.45, 2.75) is 43.6 Å². The van der Waals surface area contributed by atoms with Crippen molar-refractivity contribution in [3.63, 3.8) is 0 Å². The minimum absolute atomic E-state index is 0.0318. The highest BCUT2D eigenvalue weighted by atomic mass is 19.1. The first-order chi connectivity index (χ1) is 9.59. The Kier molecular flexibility index (Phi) is 3.50. The van der Waals surface area contributed by atoms with Gasteiger partial charge in [0.05, 0.1) is 0 Å². The first kappa shape index (κ1) is 13.6. The number of benzene rings is 1. The number of hydrogen-bond acceptors (Lipinski definition) is 2. The highest BCUT2D eigenvalue weighted by molar-refractivity contribution is 5.79. The van der Waals surface area contributed by atoms with Crippen molar-refractivity contribution in [1.29, 1.82) is 0 Å². The van der Waals surface area contributed by atoms with E-state index in [9.17, 15) is 9.18 Å². The Hall–Kier alpha value is -1.42. The predicted molar refractivity (Wildman–Crippen MR) is 75.6 cm³/mol. The van der Waals surface area contributed by atoms with Gasteiger partial charge in [0.25, 0.3) is 0 Å². The Labute approximate surface area is 118 Å². The van der Waals surface area contributed by atoms with E-state index in [2.05, 4.69) is 5.32 Å². The largest absolute Gasteiger partial charge is 0.355 e. The van der Waals surface area contributed by atoms with Gasteiger partial charge in [0, 0.05) is 23.9 Å². The quantitative estimate of drug-likeness (QED) is 0.885. The van der Waals surface area contributed by atoms with E-state index in [0.29, 0.717) is 6.54 Å². The molecule has 1 amide bonds. The summed E-state index contributed by atoms with van der Waals surface area (Å²) in [5, 5.41) is 3.07. The lowest BCUT2D eigenvalue weighted by Crippen LogP contribution is -2.36. The second-order valence-corrected chi connectivity index (χ2v) is 6.28. The van der Waals surface area contributed by atoms with E-state index in [1.54, 1.807) is 0 Å². The highest BCUT2D eigenvalue weighted by Crippen LogP contribution is 2.47. The molecule has 2 aliphatic carbocycles. The van der Waals surface area contributed by atoms with Crippen molar-refractivity contribution < 1.29 is 9.18 Å². The summed E-state index contributed by atoms with van der Waals surface area (Å²) in [7, 11) is 0. The van der Waals surface area contributed by atoms with Gasteiger partial charge in [-0.3, -0.25) is 4.79 Å². The lowest BCUT2D eigenvalue weighted by atomic mass is 9.95. The number of halogens is 1. The molecule has 0 spiro atoms. The number of rotatable bonds is 4. The van der Waals surface area contributed by atoms with Crippen LogP contribution in [0.3, 0.4) is 0 Å². The van der Waals surface area contributed by atoms with Gasteiger partial charge in [0.1, 0.15) is 5.82 Å². The third-order valence-corrected chi connectivity index (χ3v) is 4.76. The van der Waals surface area contributed by atoms with Crippen molar-refractivity contribution >= 4 is 5.91 Å². The van der Waals surface area contributed by atoms with E-state index in [1.165, 1.54) is 12.1 Å². The predicted octanol–water partition coefficient (Wildman–Crippen LogP) is 2.10. The van der Waals surface area contributed by atoms with Gasteiger partial charge in [-0.15, -0.1) is 0 Å². The fourth-order valence-electron chi connectivity index (χ4n) is 3.18. The summed E-state index contributed by atoms with van der Waals surface area (Å²) >= 11 is 0. The van der Waals surface area contributed by atoms with Crippen LogP contribution in [0.4, 0.5) is 4.39 Å². The number of carbonyl (C=O) groups is 1. The van der Waals surface area contributed by atoms with Crippen LogP contribution in [0.25, 0.3) is 0 Å². The molecule has 2 fully saturated rings. The van der Waals surface area contributed by atoms with E-state index >= 15 is 0 Å². The molecular formula is C16H21FN2O. The van der Waals surface area contributed by atoms with Gasteiger partial charge in [0.2, 0.25) is 5.91 Å². The molecule has 2 saturated carbocycles. The topological polar surface area (TPSA) is 55.1 Å².